The van der Waals surface area contributed by atoms with E-state index in [1.165, 1.54) is 5.56 Å². The lowest BCUT2D eigenvalue weighted by Gasteiger charge is -2.19. The third-order valence-corrected chi connectivity index (χ3v) is 7.33. The second kappa shape index (κ2) is 14.0. The highest BCUT2D eigenvalue weighted by Gasteiger charge is 2.19. The summed E-state index contributed by atoms with van der Waals surface area (Å²) >= 11 is 0. The zero-order chi connectivity index (χ0) is 30.1. The number of phenolic OH excluding ortho intramolecular Hbond substituents is 1. The first-order valence-corrected chi connectivity index (χ1v) is 14.5. The number of aryl methyl sites for hydroxylation is 1. The molecule has 0 spiro atoms. The lowest BCUT2D eigenvalue weighted by atomic mass is 9.87. The highest BCUT2D eigenvalue weighted by molar-refractivity contribution is 5.97. The van der Waals surface area contributed by atoms with Gasteiger partial charge in [-0.25, -0.2) is 4.68 Å². The minimum Gasteiger partial charge on any atom is -0.508 e. The molecule has 8 heteroatoms. The minimum absolute atomic E-state index is 0.0717. The molecule has 0 saturated carbocycles. The van der Waals surface area contributed by atoms with E-state index in [1.54, 1.807) is 37.5 Å². The molecule has 4 aromatic rings. The van der Waals surface area contributed by atoms with Gasteiger partial charge >= 0.3 is 0 Å². The Balaban J connectivity index is 1.32. The van der Waals surface area contributed by atoms with Crippen molar-refractivity contribution in [2.24, 2.45) is 0 Å². The molecule has 0 radical (unpaired) electrons. The molecule has 0 aliphatic heterocycles. The van der Waals surface area contributed by atoms with Gasteiger partial charge in [-0.3, -0.25) is 19.9 Å². The lowest BCUT2D eigenvalue weighted by molar-refractivity contribution is -0.131. The SMILES string of the molecule is CN[C@@H](Cc1ccc(O)cc1)C(=O)NC(=O)CCCCCc1cc(-c2ccccn2)nn1-c1ccc(C(C)(C)C)cc1. The van der Waals surface area contributed by atoms with Gasteiger partial charge in [0.15, 0.2) is 0 Å². The number of phenols is 1. The standard InChI is InChI=1S/C34H41N5O3/c1-34(2,3)25-15-17-26(18-16-25)39-27(23-30(38-39)29-11-8-9-21-36-29)10-6-5-7-12-32(41)37-33(42)31(35-4)22-24-13-19-28(40)20-14-24/h8-9,11,13-21,23,31,35,40H,5-7,10,12,22H2,1-4H3,(H,37,41,42)/t31-/m0/s1. The predicted molar refractivity (Wildman–Crippen MR) is 165 cm³/mol. The number of aromatic nitrogens is 3. The van der Waals surface area contributed by atoms with E-state index in [0.717, 1.165) is 47.6 Å². The van der Waals surface area contributed by atoms with Gasteiger partial charge in [0.2, 0.25) is 11.8 Å². The Bertz CT molecular complexity index is 1460. The summed E-state index contributed by atoms with van der Waals surface area (Å²) in [5, 5.41) is 19.9. The second-order valence-electron chi connectivity index (χ2n) is 11.6. The fraction of sp³-hybridized carbons (Fsp3) is 0.353. The van der Waals surface area contributed by atoms with Crippen molar-refractivity contribution in [1.82, 2.24) is 25.4 Å². The van der Waals surface area contributed by atoms with Gasteiger partial charge in [-0.2, -0.15) is 5.10 Å². The highest BCUT2D eigenvalue weighted by atomic mass is 16.3. The summed E-state index contributed by atoms with van der Waals surface area (Å²) in [6.07, 6.45) is 5.69. The average Bonchev–Trinajstić information content (AvgIpc) is 3.41. The number of aromatic hydroxyl groups is 1. The maximum absolute atomic E-state index is 12.6. The number of likely N-dealkylation sites (N-methyl/N-ethyl adjacent to an activating group) is 1. The molecule has 2 aromatic carbocycles. The van der Waals surface area contributed by atoms with Crippen LogP contribution in [-0.4, -0.2) is 44.8 Å². The van der Waals surface area contributed by atoms with Crippen LogP contribution in [0.1, 0.15) is 63.3 Å². The Kier molecular flexibility index (Phi) is 10.3. The summed E-state index contributed by atoms with van der Waals surface area (Å²) in [5.41, 5.74) is 5.98. The third kappa shape index (κ3) is 8.36. The van der Waals surface area contributed by atoms with Crippen LogP contribution >= 0.6 is 0 Å². The van der Waals surface area contributed by atoms with Gasteiger partial charge < -0.3 is 10.4 Å². The van der Waals surface area contributed by atoms with E-state index < -0.39 is 6.04 Å². The Morgan fingerprint density at radius 1 is 0.929 bits per heavy atom. The van der Waals surface area contributed by atoms with E-state index in [9.17, 15) is 14.7 Å². The number of nitrogens with one attached hydrogen (secondary N) is 2. The van der Waals surface area contributed by atoms with E-state index in [2.05, 4.69) is 66.7 Å². The normalized spacial score (nSPS) is 12.2. The molecule has 2 aromatic heterocycles. The summed E-state index contributed by atoms with van der Waals surface area (Å²) in [4.78, 5) is 29.6. The molecule has 0 fully saturated rings. The van der Waals surface area contributed by atoms with Crippen molar-refractivity contribution in [2.45, 2.75) is 70.8 Å². The number of amides is 2. The van der Waals surface area contributed by atoms with Gasteiger partial charge in [0.1, 0.15) is 11.4 Å². The fourth-order valence-electron chi connectivity index (χ4n) is 4.81. The van der Waals surface area contributed by atoms with E-state index in [-0.39, 0.29) is 29.4 Å². The number of pyridine rings is 1. The van der Waals surface area contributed by atoms with Crippen LogP contribution in [0.3, 0.4) is 0 Å². The molecule has 8 nitrogen and oxygen atoms in total. The van der Waals surface area contributed by atoms with Crippen molar-refractivity contribution >= 4 is 11.8 Å². The Morgan fingerprint density at radius 3 is 2.31 bits per heavy atom. The number of nitrogens with zero attached hydrogens (tertiary/aromatic N) is 3. The number of hydrogen-bond acceptors (Lipinski definition) is 6. The van der Waals surface area contributed by atoms with Crippen LogP contribution in [-0.2, 0) is 27.8 Å². The summed E-state index contributed by atoms with van der Waals surface area (Å²) in [7, 11) is 1.69. The summed E-state index contributed by atoms with van der Waals surface area (Å²) in [6, 6.07) is 22.6. The molecule has 3 N–H and O–H groups in total. The molecule has 0 aliphatic carbocycles. The number of imide groups is 1. The van der Waals surface area contributed by atoms with Gasteiger partial charge in [-0.1, -0.05) is 57.5 Å². The van der Waals surface area contributed by atoms with Gasteiger partial charge in [-0.15, -0.1) is 0 Å². The molecular formula is C34H41N5O3. The zero-order valence-corrected chi connectivity index (χ0v) is 24.9. The topological polar surface area (TPSA) is 109 Å². The second-order valence-corrected chi connectivity index (χ2v) is 11.6. The van der Waals surface area contributed by atoms with Crippen LogP contribution in [0, 0.1) is 0 Å². The lowest BCUT2D eigenvalue weighted by Crippen LogP contribution is -2.46. The van der Waals surface area contributed by atoms with E-state index in [0.29, 0.717) is 12.8 Å². The summed E-state index contributed by atoms with van der Waals surface area (Å²) in [6.45, 7) is 6.61. The van der Waals surface area contributed by atoms with Crippen molar-refractivity contribution in [3.05, 3.63) is 95.8 Å². The molecule has 2 amide bonds. The Labute approximate surface area is 248 Å². The first-order valence-electron chi connectivity index (χ1n) is 14.5. The maximum Gasteiger partial charge on any atom is 0.244 e. The van der Waals surface area contributed by atoms with Crippen LogP contribution in [0.5, 0.6) is 5.75 Å². The number of carbonyl (C=O) groups excluding carboxylic acids is 2. The van der Waals surface area contributed by atoms with Crippen molar-refractivity contribution in [3.8, 4) is 22.8 Å². The smallest absolute Gasteiger partial charge is 0.244 e. The van der Waals surface area contributed by atoms with Crippen molar-refractivity contribution in [2.75, 3.05) is 7.05 Å². The number of carbonyl (C=O) groups is 2. The molecule has 42 heavy (non-hydrogen) atoms. The van der Waals surface area contributed by atoms with Crippen LogP contribution in [0.4, 0.5) is 0 Å². The van der Waals surface area contributed by atoms with Crippen molar-refractivity contribution in [3.63, 3.8) is 0 Å². The molecule has 2 heterocycles. The van der Waals surface area contributed by atoms with E-state index >= 15 is 0 Å². The van der Waals surface area contributed by atoms with Crippen LogP contribution in [0.25, 0.3) is 17.1 Å². The van der Waals surface area contributed by atoms with Gasteiger partial charge in [0.25, 0.3) is 0 Å². The minimum atomic E-state index is -0.537. The number of hydrogen-bond donors (Lipinski definition) is 3. The number of rotatable bonds is 12. The first-order chi connectivity index (χ1) is 20.1. The number of unbranched alkanes of at least 4 members (excludes halogenated alkanes) is 2. The first kappa shape index (κ1) is 30.7. The summed E-state index contributed by atoms with van der Waals surface area (Å²) in [5.74, 6) is -0.446. The van der Waals surface area contributed by atoms with Gasteiger partial charge in [-0.05, 0) is 91.7 Å². The zero-order valence-electron chi connectivity index (χ0n) is 24.9. The number of benzene rings is 2. The third-order valence-electron chi connectivity index (χ3n) is 7.33. The Morgan fingerprint density at radius 2 is 1.67 bits per heavy atom. The van der Waals surface area contributed by atoms with Crippen LogP contribution in [0.2, 0.25) is 0 Å². The monoisotopic (exact) mass is 567 g/mol. The quantitative estimate of drug-likeness (QED) is 0.195. The maximum atomic E-state index is 12.6. The largest absolute Gasteiger partial charge is 0.508 e. The van der Waals surface area contributed by atoms with Gasteiger partial charge in [0, 0.05) is 18.3 Å². The van der Waals surface area contributed by atoms with Crippen LogP contribution in [0.15, 0.2) is 79.0 Å². The average molecular weight is 568 g/mol. The molecular weight excluding hydrogens is 526 g/mol. The molecule has 0 unspecified atom stereocenters. The van der Waals surface area contributed by atoms with E-state index in [4.69, 9.17) is 5.10 Å². The van der Waals surface area contributed by atoms with Crippen molar-refractivity contribution < 1.29 is 14.7 Å². The molecule has 220 valence electrons. The molecule has 0 bridgehead atoms. The molecule has 0 saturated heterocycles. The predicted octanol–water partition coefficient (Wildman–Crippen LogP) is 5.51. The summed E-state index contributed by atoms with van der Waals surface area (Å²) < 4.78 is 1.99. The molecule has 4 rings (SSSR count). The highest BCUT2D eigenvalue weighted by Crippen LogP contribution is 2.26. The molecule has 1 atom stereocenters. The van der Waals surface area contributed by atoms with Gasteiger partial charge in [0.05, 0.1) is 17.4 Å². The van der Waals surface area contributed by atoms with Crippen LogP contribution < -0.4 is 10.6 Å². The molecule has 0 aliphatic rings. The fourth-order valence-corrected chi connectivity index (χ4v) is 4.81. The Hall–Kier alpha value is -4.30. The van der Waals surface area contributed by atoms with E-state index in [1.807, 2.05) is 22.9 Å². The van der Waals surface area contributed by atoms with Crippen molar-refractivity contribution in [1.29, 1.82) is 0 Å².